The second-order valence-corrected chi connectivity index (χ2v) is 6.35. The van der Waals surface area contributed by atoms with E-state index in [9.17, 15) is 0 Å². The minimum atomic E-state index is 0.517. The first-order valence-corrected chi connectivity index (χ1v) is 7.07. The van der Waals surface area contributed by atoms with Gasteiger partial charge in [-0.1, -0.05) is 38.8 Å². The molecule has 92 valence electrons. The van der Waals surface area contributed by atoms with Gasteiger partial charge in [0.25, 0.3) is 0 Å². The Hall–Kier alpha value is -0.300. The maximum atomic E-state index is 3.85. The maximum absolute atomic E-state index is 3.85. The van der Waals surface area contributed by atoms with E-state index in [2.05, 4.69) is 31.3 Å². The molecule has 0 amide bonds. The third-order valence-corrected chi connectivity index (χ3v) is 4.54. The largest absolute Gasteiger partial charge is 0.313 e. The van der Waals surface area contributed by atoms with Crippen LogP contribution in [0.5, 0.6) is 0 Å². The first-order chi connectivity index (χ1) is 7.68. The van der Waals surface area contributed by atoms with Crippen LogP contribution in [0, 0.1) is 11.3 Å². The lowest BCUT2D eigenvalue weighted by atomic mass is 9.73. The Morgan fingerprint density at radius 2 is 2.06 bits per heavy atom. The average molecular weight is 221 g/mol. The highest BCUT2D eigenvalue weighted by atomic mass is 14.9. The molecule has 0 aromatic rings. The van der Waals surface area contributed by atoms with E-state index in [4.69, 9.17) is 0 Å². The van der Waals surface area contributed by atoms with Gasteiger partial charge in [0.1, 0.15) is 0 Å². The van der Waals surface area contributed by atoms with Crippen LogP contribution in [0.4, 0.5) is 0 Å². The molecule has 2 rings (SSSR count). The molecular formula is C15H27N. The normalized spacial score (nSPS) is 33.9. The fourth-order valence-electron chi connectivity index (χ4n) is 3.22. The Bertz CT molecular complexity index is 242. The lowest BCUT2D eigenvalue weighted by Crippen LogP contribution is -2.45. The van der Waals surface area contributed by atoms with Crippen molar-refractivity contribution in [3.8, 4) is 0 Å². The van der Waals surface area contributed by atoms with E-state index in [1.807, 2.05) is 0 Å². The summed E-state index contributed by atoms with van der Waals surface area (Å²) in [6.45, 7) is 6.10. The van der Waals surface area contributed by atoms with E-state index in [0.29, 0.717) is 5.41 Å². The standard InChI is InChI=1S/C15H27N/c1-15(2)11-7-6-10-14(15)16-12-13-8-4-3-5-9-13/h3-4,13-14,16H,5-12H2,1-2H3. The van der Waals surface area contributed by atoms with Crippen LogP contribution in [0.3, 0.4) is 0 Å². The molecule has 0 saturated heterocycles. The molecule has 1 fully saturated rings. The zero-order valence-electron chi connectivity index (χ0n) is 11.0. The van der Waals surface area contributed by atoms with E-state index in [1.54, 1.807) is 0 Å². The lowest BCUT2D eigenvalue weighted by Gasteiger charge is -2.40. The van der Waals surface area contributed by atoms with Crippen LogP contribution in [0.1, 0.15) is 58.8 Å². The van der Waals surface area contributed by atoms with Crippen molar-refractivity contribution >= 4 is 0 Å². The van der Waals surface area contributed by atoms with Crippen LogP contribution in [0.2, 0.25) is 0 Å². The van der Waals surface area contributed by atoms with Gasteiger partial charge in [-0.25, -0.2) is 0 Å². The van der Waals surface area contributed by atoms with Crippen molar-refractivity contribution in [2.75, 3.05) is 6.54 Å². The average Bonchev–Trinajstić information content (AvgIpc) is 2.28. The monoisotopic (exact) mass is 221 g/mol. The Balaban J connectivity index is 1.77. The van der Waals surface area contributed by atoms with Crippen LogP contribution in [-0.2, 0) is 0 Å². The number of allylic oxidation sites excluding steroid dienone is 2. The van der Waals surface area contributed by atoms with Gasteiger partial charge >= 0.3 is 0 Å². The highest BCUT2D eigenvalue weighted by Gasteiger charge is 2.31. The third-order valence-electron chi connectivity index (χ3n) is 4.54. The molecule has 2 aliphatic rings. The Morgan fingerprint density at radius 1 is 1.19 bits per heavy atom. The van der Waals surface area contributed by atoms with Gasteiger partial charge in [-0.05, 0) is 50.0 Å². The van der Waals surface area contributed by atoms with Crippen LogP contribution in [0.25, 0.3) is 0 Å². The zero-order valence-corrected chi connectivity index (χ0v) is 11.0. The molecule has 2 aliphatic carbocycles. The van der Waals surface area contributed by atoms with Gasteiger partial charge in [-0.15, -0.1) is 0 Å². The summed E-state index contributed by atoms with van der Waals surface area (Å²) in [5.74, 6) is 0.891. The zero-order chi connectivity index (χ0) is 11.4. The SMILES string of the molecule is CC1(C)CCCCC1NCC1CC=CCC1. The minimum absolute atomic E-state index is 0.517. The molecule has 1 N–H and O–H groups in total. The molecule has 0 aromatic heterocycles. The van der Waals surface area contributed by atoms with Crippen molar-refractivity contribution in [2.45, 2.75) is 64.8 Å². The van der Waals surface area contributed by atoms with Gasteiger partial charge in [-0.2, -0.15) is 0 Å². The van der Waals surface area contributed by atoms with E-state index in [1.165, 1.54) is 51.5 Å². The smallest absolute Gasteiger partial charge is 0.0118 e. The second-order valence-electron chi connectivity index (χ2n) is 6.35. The molecule has 16 heavy (non-hydrogen) atoms. The summed E-state index contributed by atoms with van der Waals surface area (Å²) in [4.78, 5) is 0. The first-order valence-electron chi connectivity index (χ1n) is 7.07. The van der Waals surface area contributed by atoms with Gasteiger partial charge in [-0.3, -0.25) is 0 Å². The first kappa shape index (κ1) is 12.2. The van der Waals surface area contributed by atoms with Crippen molar-refractivity contribution in [2.24, 2.45) is 11.3 Å². The highest BCUT2D eigenvalue weighted by molar-refractivity contribution is 4.93. The molecule has 1 saturated carbocycles. The van der Waals surface area contributed by atoms with Crippen molar-refractivity contribution < 1.29 is 0 Å². The topological polar surface area (TPSA) is 12.0 Å². The molecule has 0 aliphatic heterocycles. The summed E-state index contributed by atoms with van der Waals surface area (Å²) in [6, 6.07) is 0.757. The Morgan fingerprint density at radius 3 is 2.75 bits per heavy atom. The summed E-state index contributed by atoms with van der Waals surface area (Å²) in [5.41, 5.74) is 0.517. The predicted octanol–water partition coefficient (Wildman–Crippen LogP) is 3.90. The summed E-state index contributed by atoms with van der Waals surface area (Å²) in [5, 5.41) is 3.85. The summed E-state index contributed by atoms with van der Waals surface area (Å²) >= 11 is 0. The van der Waals surface area contributed by atoms with Crippen LogP contribution in [-0.4, -0.2) is 12.6 Å². The summed E-state index contributed by atoms with van der Waals surface area (Å²) in [7, 11) is 0. The third kappa shape index (κ3) is 3.10. The maximum Gasteiger partial charge on any atom is 0.0118 e. The summed E-state index contributed by atoms with van der Waals surface area (Å²) in [6.07, 6.45) is 14.3. The number of rotatable bonds is 3. The van der Waals surface area contributed by atoms with Crippen LogP contribution < -0.4 is 5.32 Å². The predicted molar refractivity (Wildman–Crippen MR) is 70.5 cm³/mol. The minimum Gasteiger partial charge on any atom is -0.313 e. The molecular weight excluding hydrogens is 194 g/mol. The molecule has 0 spiro atoms. The highest BCUT2D eigenvalue weighted by Crippen LogP contribution is 2.35. The number of hydrogen-bond donors (Lipinski definition) is 1. The second kappa shape index (κ2) is 5.35. The summed E-state index contributed by atoms with van der Waals surface area (Å²) < 4.78 is 0. The van der Waals surface area contributed by atoms with Crippen LogP contribution >= 0.6 is 0 Å². The van der Waals surface area contributed by atoms with E-state index in [-0.39, 0.29) is 0 Å². The van der Waals surface area contributed by atoms with Crippen molar-refractivity contribution in [3.63, 3.8) is 0 Å². The Kier molecular flexibility index (Phi) is 4.07. The molecule has 1 nitrogen and oxygen atoms in total. The molecule has 0 bridgehead atoms. The van der Waals surface area contributed by atoms with Crippen molar-refractivity contribution in [1.29, 1.82) is 0 Å². The quantitative estimate of drug-likeness (QED) is 0.713. The van der Waals surface area contributed by atoms with Gasteiger partial charge in [0, 0.05) is 6.04 Å². The molecule has 1 heteroatoms. The van der Waals surface area contributed by atoms with E-state index < -0.39 is 0 Å². The molecule has 2 atom stereocenters. The molecule has 0 aromatic carbocycles. The van der Waals surface area contributed by atoms with Gasteiger partial charge in [0.15, 0.2) is 0 Å². The van der Waals surface area contributed by atoms with Gasteiger partial charge in [0.2, 0.25) is 0 Å². The fraction of sp³-hybridized carbons (Fsp3) is 0.867. The molecule has 2 unspecified atom stereocenters. The van der Waals surface area contributed by atoms with E-state index >= 15 is 0 Å². The van der Waals surface area contributed by atoms with Crippen molar-refractivity contribution in [1.82, 2.24) is 5.32 Å². The van der Waals surface area contributed by atoms with Gasteiger partial charge in [0.05, 0.1) is 0 Å². The molecule has 0 radical (unpaired) electrons. The Labute approximate surface area is 101 Å². The molecule has 0 heterocycles. The lowest BCUT2D eigenvalue weighted by molar-refractivity contribution is 0.161. The van der Waals surface area contributed by atoms with Crippen molar-refractivity contribution in [3.05, 3.63) is 12.2 Å². The number of hydrogen-bond acceptors (Lipinski definition) is 1. The van der Waals surface area contributed by atoms with E-state index in [0.717, 1.165) is 12.0 Å². The van der Waals surface area contributed by atoms with Crippen LogP contribution in [0.15, 0.2) is 12.2 Å². The fourth-order valence-corrected chi connectivity index (χ4v) is 3.22. The van der Waals surface area contributed by atoms with Gasteiger partial charge < -0.3 is 5.32 Å². The number of nitrogens with one attached hydrogen (secondary N) is 1.